The van der Waals surface area contributed by atoms with Crippen molar-refractivity contribution in [1.29, 1.82) is 0 Å². The van der Waals surface area contributed by atoms with Gasteiger partial charge in [0.2, 0.25) is 0 Å². The molecule has 1 aliphatic heterocycles. The predicted octanol–water partition coefficient (Wildman–Crippen LogP) is 2.41. The molecule has 94 valence electrons. The van der Waals surface area contributed by atoms with E-state index >= 15 is 0 Å². The van der Waals surface area contributed by atoms with E-state index in [1.54, 1.807) is 0 Å². The number of rotatable bonds is 1. The number of nitrogens with zero attached hydrogens (tertiary/aromatic N) is 2. The van der Waals surface area contributed by atoms with Crippen molar-refractivity contribution in [2.45, 2.75) is 18.9 Å². The van der Waals surface area contributed by atoms with E-state index in [9.17, 15) is 0 Å². The van der Waals surface area contributed by atoms with Crippen molar-refractivity contribution in [3.8, 4) is 0 Å². The first-order valence-corrected chi connectivity index (χ1v) is 6.58. The van der Waals surface area contributed by atoms with Crippen LogP contribution in [0.2, 0.25) is 5.02 Å². The standard InChI is InChI=1S/C13H14ClN3O/c14-8-1-2-10-11(3-8)18-12(16-10)17-6-13(7-17)4-9(15)5-13/h1-3,9H,4-7,15H2. The highest BCUT2D eigenvalue weighted by Crippen LogP contribution is 2.48. The van der Waals surface area contributed by atoms with E-state index in [0.29, 0.717) is 22.5 Å². The van der Waals surface area contributed by atoms with Crippen LogP contribution in [0.3, 0.4) is 0 Å². The number of aromatic nitrogens is 1. The SMILES string of the molecule is NC1CC2(C1)CN(c1nc3ccc(Cl)cc3o1)C2. The molecular weight excluding hydrogens is 250 g/mol. The maximum atomic E-state index is 5.93. The fraction of sp³-hybridized carbons (Fsp3) is 0.462. The maximum absolute atomic E-state index is 5.93. The van der Waals surface area contributed by atoms with Crippen LogP contribution in [-0.2, 0) is 0 Å². The van der Waals surface area contributed by atoms with Gasteiger partial charge in [-0.05, 0) is 25.0 Å². The van der Waals surface area contributed by atoms with Crippen LogP contribution in [0.1, 0.15) is 12.8 Å². The van der Waals surface area contributed by atoms with Gasteiger partial charge in [0.1, 0.15) is 5.52 Å². The minimum atomic E-state index is 0.398. The lowest BCUT2D eigenvalue weighted by molar-refractivity contribution is 0.0625. The molecule has 1 spiro atoms. The molecule has 1 aliphatic carbocycles. The van der Waals surface area contributed by atoms with Crippen molar-refractivity contribution in [2.75, 3.05) is 18.0 Å². The quantitative estimate of drug-likeness (QED) is 0.858. The highest BCUT2D eigenvalue weighted by Gasteiger charge is 2.52. The molecule has 0 unspecified atom stereocenters. The second-order valence-corrected chi connectivity index (χ2v) is 6.07. The first-order valence-electron chi connectivity index (χ1n) is 6.20. The summed E-state index contributed by atoms with van der Waals surface area (Å²) in [5, 5.41) is 0.676. The normalized spacial score (nSPS) is 22.2. The molecule has 0 atom stereocenters. The highest BCUT2D eigenvalue weighted by atomic mass is 35.5. The van der Waals surface area contributed by atoms with Crippen LogP contribution in [0.4, 0.5) is 6.01 Å². The van der Waals surface area contributed by atoms with Gasteiger partial charge in [0, 0.05) is 35.6 Å². The number of fused-ring (bicyclic) bond motifs is 1. The summed E-state index contributed by atoms with van der Waals surface area (Å²) in [5.41, 5.74) is 7.91. The molecule has 1 saturated carbocycles. The van der Waals surface area contributed by atoms with Crippen molar-refractivity contribution in [3.05, 3.63) is 23.2 Å². The predicted molar refractivity (Wildman–Crippen MR) is 70.9 cm³/mol. The monoisotopic (exact) mass is 263 g/mol. The number of benzene rings is 1. The van der Waals surface area contributed by atoms with Gasteiger partial charge in [0.05, 0.1) is 0 Å². The van der Waals surface area contributed by atoms with E-state index in [-0.39, 0.29) is 0 Å². The van der Waals surface area contributed by atoms with Crippen molar-refractivity contribution in [3.63, 3.8) is 0 Å². The zero-order valence-corrected chi connectivity index (χ0v) is 10.7. The fourth-order valence-corrected chi connectivity index (χ4v) is 3.39. The van der Waals surface area contributed by atoms with Crippen molar-refractivity contribution in [2.24, 2.45) is 11.1 Å². The number of nitrogens with two attached hydrogens (primary N) is 1. The topological polar surface area (TPSA) is 55.3 Å². The van der Waals surface area contributed by atoms with Crippen molar-refractivity contribution in [1.82, 2.24) is 4.98 Å². The zero-order chi connectivity index (χ0) is 12.3. The van der Waals surface area contributed by atoms with Crippen LogP contribution in [0.15, 0.2) is 22.6 Å². The Morgan fingerprint density at radius 2 is 2.17 bits per heavy atom. The van der Waals surface area contributed by atoms with E-state index in [1.807, 2.05) is 18.2 Å². The van der Waals surface area contributed by atoms with E-state index in [4.69, 9.17) is 21.8 Å². The van der Waals surface area contributed by atoms with Gasteiger partial charge >= 0.3 is 0 Å². The van der Waals surface area contributed by atoms with Crippen LogP contribution >= 0.6 is 11.6 Å². The summed E-state index contributed by atoms with van der Waals surface area (Å²) >= 11 is 5.93. The molecule has 2 N–H and O–H groups in total. The number of hydrogen-bond acceptors (Lipinski definition) is 4. The third-order valence-electron chi connectivity index (χ3n) is 4.05. The summed E-state index contributed by atoms with van der Waals surface area (Å²) in [7, 11) is 0. The Kier molecular flexibility index (Phi) is 2.01. The molecule has 0 amide bonds. The molecule has 18 heavy (non-hydrogen) atoms. The molecule has 2 fully saturated rings. The van der Waals surface area contributed by atoms with E-state index in [1.165, 1.54) is 0 Å². The molecule has 4 nitrogen and oxygen atoms in total. The minimum absolute atomic E-state index is 0.398. The molecule has 1 saturated heterocycles. The van der Waals surface area contributed by atoms with Gasteiger partial charge < -0.3 is 15.1 Å². The Morgan fingerprint density at radius 1 is 1.39 bits per heavy atom. The molecule has 2 aliphatic rings. The van der Waals surface area contributed by atoms with Crippen molar-refractivity contribution < 1.29 is 4.42 Å². The minimum Gasteiger partial charge on any atom is -0.423 e. The van der Waals surface area contributed by atoms with Gasteiger partial charge in [-0.25, -0.2) is 0 Å². The van der Waals surface area contributed by atoms with Gasteiger partial charge in [-0.15, -0.1) is 0 Å². The van der Waals surface area contributed by atoms with Crippen molar-refractivity contribution >= 4 is 28.7 Å². The van der Waals surface area contributed by atoms with Gasteiger partial charge in [0.25, 0.3) is 6.01 Å². The number of hydrogen-bond donors (Lipinski definition) is 1. The molecule has 0 bridgehead atoms. The number of oxazole rings is 1. The van der Waals surface area contributed by atoms with Crippen LogP contribution in [0.25, 0.3) is 11.1 Å². The summed E-state index contributed by atoms with van der Waals surface area (Å²) in [6.07, 6.45) is 2.27. The van der Waals surface area contributed by atoms with Crippen LogP contribution in [0, 0.1) is 5.41 Å². The Hall–Kier alpha value is -1.26. The zero-order valence-electron chi connectivity index (χ0n) is 9.90. The van der Waals surface area contributed by atoms with Crippen LogP contribution < -0.4 is 10.6 Å². The molecule has 2 aromatic rings. The summed E-state index contributed by atoms with van der Waals surface area (Å²) in [5.74, 6) is 0. The first kappa shape index (κ1) is 10.6. The Morgan fingerprint density at radius 3 is 2.89 bits per heavy atom. The first-order chi connectivity index (χ1) is 8.63. The fourth-order valence-electron chi connectivity index (χ4n) is 3.23. The third-order valence-corrected chi connectivity index (χ3v) is 4.29. The molecule has 1 aromatic carbocycles. The summed E-state index contributed by atoms with van der Waals surface area (Å²) in [6.45, 7) is 2.03. The molecule has 5 heteroatoms. The van der Waals surface area contributed by atoms with E-state index < -0.39 is 0 Å². The lowest BCUT2D eigenvalue weighted by Gasteiger charge is -2.57. The molecule has 4 rings (SSSR count). The average molecular weight is 264 g/mol. The van der Waals surface area contributed by atoms with Crippen LogP contribution in [-0.4, -0.2) is 24.1 Å². The van der Waals surface area contributed by atoms with E-state index in [0.717, 1.165) is 37.0 Å². The highest BCUT2D eigenvalue weighted by molar-refractivity contribution is 6.31. The largest absolute Gasteiger partial charge is 0.423 e. The van der Waals surface area contributed by atoms with Gasteiger partial charge in [-0.3, -0.25) is 0 Å². The average Bonchev–Trinajstić information content (AvgIpc) is 2.63. The lowest BCUT2D eigenvalue weighted by Crippen LogP contribution is -2.65. The Labute approximate surface area is 110 Å². The van der Waals surface area contributed by atoms with E-state index in [2.05, 4.69) is 9.88 Å². The third kappa shape index (κ3) is 1.45. The second kappa shape index (κ2) is 3.39. The smallest absolute Gasteiger partial charge is 0.298 e. The molecular formula is C13H14ClN3O. The van der Waals surface area contributed by atoms with Gasteiger partial charge in [0.15, 0.2) is 5.58 Å². The molecule has 1 aromatic heterocycles. The summed E-state index contributed by atoms with van der Waals surface area (Å²) < 4.78 is 5.74. The second-order valence-electron chi connectivity index (χ2n) is 5.63. The molecule has 0 radical (unpaired) electrons. The summed E-state index contributed by atoms with van der Waals surface area (Å²) in [6, 6.07) is 6.63. The lowest BCUT2D eigenvalue weighted by atomic mass is 9.61. The Bertz CT molecular complexity index is 610. The Balaban J connectivity index is 1.57. The van der Waals surface area contributed by atoms with Gasteiger partial charge in [-0.2, -0.15) is 4.98 Å². The van der Waals surface area contributed by atoms with Gasteiger partial charge in [-0.1, -0.05) is 11.6 Å². The molecule has 2 heterocycles. The summed E-state index contributed by atoms with van der Waals surface area (Å²) in [4.78, 5) is 6.67. The number of anilines is 1. The van der Waals surface area contributed by atoms with Crippen LogP contribution in [0.5, 0.6) is 0 Å². The maximum Gasteiger partial charge on any atom is 0.298 e. The number of halogens is 1.